The summed E-state index contributed by atoms with van der Waals surface area (Å²) in [6, 6.07) is 0. The zero-order valence-corrected chi connectivity index (χ0v) is 13.6. The van der Waals surface area contributed by atoms with Crippen LogP contribution in [0.4, 0.5) is 0 Å². The van der Waals surface area contributed by atoms with Gasteiger partial charge in [0.05, 0.1) is 18.6 Å². The zero-order chi connectivity index (χ0) is 17.6. The molecule has 1 heterocycles. The van der Waals surface area contributed by atoms with Gasteiger partial charge in [0.2, 0.25) is 17.7 Å². The number of nitrogens with zero attached hydrogens (tertiary/aromatic N) is 1. The molecule has 1 aliphatic heterocycles. The van der Waals surface area contributed by atoms with Crippen molar-refractivity contribution >= 4 is 23.6 Å². The molecule has 1 saturated heterocycles. The lowest BCUT2D eigenvalue weighted by Gasteiger charge is -2.42. The Bertz CT molecular complexity index is 514. The van der Waals surface area contributed by atoms with Crippen LogP contribution in [0.2, 0.25) is 0 Å². The number of hydroxylamine groups is 1. The van der Waals surface area contributed by atoms with Gasteiger partial charge in [-0.2, -0.15) is 0 Å². The van der Waals surface area contributed by atoms with E-state index in [1.54, 1.807) is 0 Å². The number of rotatable bonds is 4. The number of piperazine rings is 1. The summed E-state index contributed by atoms with van der Waals surface area (Å²) >= 11 is 0. The molecule has 2 rings (SSSR count). The molecule has 0 bridgehead atoms. The Labute approximate surface area is 140 Å². The van der Waals surface area contributed by atoms with Crippen LogP contribution in [-0.2, 0) is 19.2 Å². The van der Waals surface area contributed by atoms with Crippen molar-refractivity contribution in [2.75, 3.05) is 19.6 Å². The third-order valence-electron chi connectivity index (χ3n) is 4.61. The van der Waals surface area contributed by atoms with Crippen molar-refractivity contribution in [1.29, 1.82) is 0 Å². The first-order chi connectivity index (χ1) is 11.5. The first-order valence-corrected chi connectivity index (χ1v) is 8.28. The average Bonchev–Trinajstić information content (AvgIpc) is 2.55. The predicted molar refractivity (Wildman–Crippen MR) is 82.7 cm³/mol. The molecular weight excluding hydrogens is 316 g/mol. The molecule has 0 radical (unpaired) electrons. The van der Waals surface area contributed by atoms with Gasteiger partial charge in [-0.25, -0.2) is 5.48 Å². The van der Waals surface area contributed by atoms with Gasteiger partial charge in [-0.3, -0.25) is 34.6 Å². The van der Waals surface area contributed by atoms with E-state index in [4.69, 9.17) is 5.21 Å². The first kappa shape index (κ1) is 18.3. The average molecular weight is 340 g/mol. The summed E-state index contributed by atoms with van der Waals surface area (Å²) in [6.45, 7) is -0.815. The number of imide groups is 1. The van der Waals surface area contributed by atoms with E-state index in [-0.39, 0.29) is 12.5 Å². The van der Waals surface area contributed by atoms with Crippen LogP contribution in [0.3, 0.4) is 0 Å². The van der Waals surface area contributed by atoms with Crippen molar-refractivity contribution in [3.8, 4) is 0 Å². The minimum absolute atomic E-state index is 0.0240. The molecule has 4 N–H and O–H groups in total. The number of amides is 4. The highest BCUT2D eigenvalue weighted by molar-refractivity contribution is 6.06. The topological polar surface area (TPSA) is 128 Å². The molecule has 0 aromatic rings. The van der Waals surface area contributed by atoms with Crippen LogP contribution in [-0.4, -0.2) is 58.9 Å². The number of hydrogen-bond acceptors (Lipinski definition) is 6. The van der Waals surface area contributed by atoms with Gasteiger partial charge in [-0.15, -0.1) is 0 Å². The third kappa shape index (κ3) is 4.30. The van der Waals surface area contributed by atoms with Crippen molar-refractivity contribution in [1.82, 2.24) is 21.0 Å². The van der Waals surface area contributed by atoms with E-state index in [1.165, 1.54) is 5.48 Å². The van der Waals surface area contributed by atoms with Crippen molar-refractivity contribution in [2.45, 2.75) is 50.5 Å². The molecule has 9 nitrogen and oxygen atoms in total. The lowest BCUT2D eigenvalue weighted by atomic mass is 9.81. The van der Waals surface area contributed by atoms with Crippen LogP contribution in [0, 0.1) is 0 Å². The second kappa shape index (κ2) is 8.20. The molecule has 0 unspecified atom stereocenters. The van der Waals surface area contributed by atoms with E-state index < -0.39 is 36.3 Å². The van der Waals surface area contributed by atoms with E-state index in [0.29, 0.717) is 12.8 Å². The smallest absolute Gasteiger partial charge is 0.262 e. The van der Waals surface area contributed by atoms with E-state index in [2.05, 4.69) is 10.6 Å². The monoisotopic (exact) mass is 340 g/mol. The molecule has 24 heavy (non-hydrogen) atoms. The molecule has 134 valence electrons. The maximum Gasteiger partial charge on any atom is 0.262 e. The molecule has 2 aliphatic rings. The van der Waals surface area contributed by atoms with Gasteiger partial charge >= 0.3 is 0 Å². The molecule has 2 fully saturated rings. The molecule has 4 amide bonds. The third-order valence-corrected chi connectivity index (χ3v) is 4.61. The zero-order valence-electron chi connectivity index (χ0n) is 13.6. The highest BCUT2D eigenvalue weighted by Gasteiger charge is 2.46. The number of hydrogen-bond donors (Lipinski definition) is 4. The van der Waals surface area contributed by atoms with E-state index >= 15 is 0 Å². The standard InChI is InChI=1S/C15H24N4O5/c20-11(18-24)8-16-12(21)10-19-13(22)9-17-15(14(19)23)6-4-2-1-3-5-7-15/h17,24H,1-10H2,(H,16,21)(H,18,20). The van der Waals surface area contributed by atoms with Gasteiger partial charge in [-0.1, -0.05) is 32.1 Å². The maximum atomic E-state index is 12.9. The minimum Gasteiger partial charge on any atom is -0.345 e. The molecule has 0 aromatic heterocycles. The molecule has 1 saturated carbocycles. The highest BCUT2D eigenvalue weighted by atomic mass is 16.5. The SMILES string of the molecule is O=C(CNC(=O)CN1C(=O)CNC2(CCCCCCC2)C1=O)NO. The van der Waals surface area contributed by atoms with E-state index in [0.717, 1.165) is 37.0 Å². The minimum atomic E-state index is -0.780. The Balaban J connectivity index is 2.02. The van der Waals surface area contributed by atoms with Gasteiger partial charge in [0.25, 0.3) is 5.91 Å². The van der Waals surface area contributed by atoms with Crippen LogP contribution in [0.5, 0.6) is 0 Å². The van der Waals surface area contributed by atoms with Crippen LogP contribution >= 0.6 is 0 Å². The van der Waals surface area contributed by atoms with Gasteiger partial charge in [0, 0.05) is 0 Å². The summed E-state index contributed by atoms with van der Waals surface area (Å²) in [5.74, 6) is -2.21. The lowest BCUT2D eigenvalue weighted by molar-refractivity contribution is -0.156. The Morgan fingerprint density at radius 2 is 1.71 bits per heavy atom. The second-order valence-electron chi connectivity index (χ2n) is 6.30. The Kier molecular flexibility index (Phi) is 6.27. The normalized spacial score (nSPS) is 21.1. The summed E-state index contributed by atoms with van der Waals surface area (Å²) in [6.07, 6.45) is 6.40. The van der Waals surface area contributed by atoms with Crippen molar-refractivity contribution < 1.29 is 24.4 Å². The largest absolute Gasteiger partial charge is 0.345 e. The number of nitrogens with one attached hydrogen (secondary N) is 3. The molecule has 0 aromatic carbocycles. The van der Waals surface area contributed by atoms with Gasteiger partial charge in [0.15, 0.2) is 0 Å². The lowest BCUT2D eigenvalue weighted by Crippen LogP contribution is -2.67. The molecule has 0 atom stereocenters. The summed E-state index contributed by atoms with van der Waals surface area (Å²) in [5, 5.41) is 13.7. The quantitative estimate of drug-likeness (QED) is 0.297. The predicted octanol–water partition coefficient (Wildman–Crippen LogP) is -0.950. The fraction of sp³-hybridized carbons (Fsp3) is 0.733. The summed E-state index contributed by atoms with van der Waals surface area (Å²) in [4.78, 5) is 48.7. The number of carbonyl (C=O) groups is 4. The fourth-order valence-corrected chi connectivity index (χ4v) is 3.26. The van der Waals surface area contributed by atoms with Crippen molar-refractivity contribution in [3.63, 3.8) is 0 Å². The van der Waals surface area contributed by atoms with E-state index in [1.807, 2.05) is 0 Å². The van der Waals surface area contributed by atoms with Gasteiger partial charge in [-0.05, 0) is 12.8 Å². The molecule has 1 aliphatic carbocycles. The Morgan fingerprint density at radius 3 is 2.33 bits per heavy atom. The second-order valence-corrected chi connectivity index (χ2v) is 6.30. The molecule has 1 spiro atoms. The Hall–Kier alpha value is -2.00. The maximum absolute atomic E-state index is 12.9. The van der Waals surface area contributed by atoms with Gasteiger partial charge < -0.3 is 5.32 Å². The molecular formula is C15H24N4O5. The molecule has 9 heteroatoms. The van der Waals surface area contributed by atoms with Gasteiger partial charge in [0.1, 0.15) is 6.54 Å². The number of carbonyl (C=O) groups excluding carboxylic acids is 4. The van der Waals surface area contributed by atoms with Crippen molar-refractivity contribution in [3.05, 3.63) is 0 Å². The van der Waals surface area contributed by atoms with Crippen LogP contribution in [0.1, 0.15) is 44.9 Å². The first-order valence-electron chi connectivity index (χ1n) is 8.28. The van der Waals surface area contributed by atoms with Crippen LogP contribution in [0.25, 0.3) is 0 Å². The highest BCUT2D eigenvalue weighted by Crippen LogP contribution is 2.30. The van der Waals surface area contributed by atoms with Crippen LogP contribution < -0.4 is 16.1 Å². The summed E-state index contributed by atoms with van der Waals surface area (Å²) < 4.78 is 0. The fourth-order valence-electron chi connectivity index (χ4n) is 3.26. The Morgan fingerprint density at radius 1 is 1.08 bits per heavy atom. The summed E-state index contributed by atoms with van der Waals surface area (Å²) in [5.41, 5.74) is 0.623. The van der Waals surface area contributed by atoms with E-state index in [9.17, 15) is 19.2 Å². The van der Waals surface area contributed by atoms with Crippen molar-refractivity contribution in [2.24, 2.45) is 0 Å². The van der Waals surface area contributed by atoms with Crippen LogP contribution in [0.15, 0.2) is 0 Å². The summed E-state index contributed by atoms with van der Waals surface area (Å²) in [7, 11) is 0.